The van der Waals surface area contributed by atoms with Crippen molar-refractivity contribution < 1.29 is 9.53 Å². The molecule has 1 aromatic rings. The Balaban J connectivity index is 1.58. The standard InChI is InChI=1S/C17H24N2O2/c1-19(12-15-7-4-5-9-21-15)17(20)14-10-13-6-2-3-8-16(13)18-11-14/h2-3,6,8,14-15,18H,4-5,7,9-12H2,1H3. The van der Waals surface area contributed by atoms with Crippen LogP contribution in [-0.4, -0.2) is 43.7 Å². The minimum Gasteiger partial charge on any atom is -0.384 e. The van der Waals surface area contributed by atoms with Crippen LogP contribution in [0, 0.1) is 5.92 Å². The van der Waals surface area contributed by atoms with Gasteiger partial charge in [-0.1, -0.05) is 18.2 Å². The van der Waals surface area contributed by atoms with E-state index in [0.717, 1.165) is 39.0 Å². The van der Waals surface area contributed by atoms with Crippen molar-refractivity contribution in [2.75, 3.05) is 32.1 Å². The number of carbonyl (C=O) groups excluding carboxylic acids is 1. The van der Waals surface area contributed by atoms with Gasteiger partial charge in [0.2, 0.25) is 5.91 Å². The summed E-state index contributed by atoms with van der Waals surface area (Å²) < 4.78 is 5.73. The first-order chi connectivity index (χ1) is 10.2. The number of fused-ring (bicyclic) bond motifs is 1. The molecule has 2 atom stereocenters. The lowest BCUT2D eigenvalue weighted by Gasteiger charge is -2.32. The summed E-state index contributed by atoms with van der Waals surface area (Å²) in [6, 6.07) is 8.25. The van der Waals surface area contributed by atoms with Gasteiger partial charge in [0.1, 0.15) is 0 Å². The van der Waals surface area contributed by atoms with E-state index in [0.29, 0.717) is 0 Å². The molecular formula is C17H24N2O2. The molecule has 2 unspecified atom stereocenters. The smallest absolute Gasteiger partial charge is 0.227 e. The van der Waals surface area contributed by atoms with Crippen LogP contribution in [0.15, 0.2) is 24.3 Å². The number of likely N-dealkylation sites (N-methyl/N-ethyl adjacent to an activating group) is 1. The first-order valence-electron chi connectivity index (χ1n) is 7.92. The van der Waals surface area contributed by atoms with E-state index in [4.69, 9.17) is 4.74 Å². The van der Waals surface area contributed by atoms with Gasteiger partial charge in [0, 0.05) is 32.4 Å². The second-order valence-corrected chi connectivity index (χ2v) is 6.15. The number of hydrogen-bond acceptors (Lipinski definition) is 3. The molecular weight excluding hydrogens is 264 g/mol. The summed E-state index contributed by atoms with van der Waals surface area (Å²) in [6.07, 6.45) is 4.49. The summed E-state index contributed by atoms with van der Waals surface area (Å²) >= 11 is 0. The highest BCUT2D eigenvalue weighted by molar-refractivity contribution is 5.80. The van der Waals surface area contributed by atoms with Crippen LogP contribution < -0.4 is 5.32 Å². The second kappa shape index (κ2) is 6.48. The summed E-state index contributed by atoms with van der Waals surface area (Å²) in [5, 5.41) is 3.37. The van der Waals surface area contributed by atoms with Gasteiger partial charge in [-0.05, 0) is 37.3 Å². The Labute approximate surface area is 126 Å². The van der Waals surface area contributed by atoms with Crippen LogP contribution in [0.5, 0.6) is 0 Å². The Kier molecular flexibility index (Phi) is 4.44. The van der Waals surface area contributed by atoms with Gasteiger partial charge in [0.25, 0.3) is 0 Å². The number of benzene rings is 1. The van der Waals surface area contributed by atoms with E-state index >= 15 is 0 Å². The van der Waals surface area contributed by atoms with E-state index < -0.39 is 0 Å². The zero-order valence-corrected chi connectivity index (χ0v) is 12.7. The topological polar surface area (TPSA) is 41.6 Å². The molecule has 2 aliphatic heterocycles. The zero-order chi connectivity index (χ0) is 14.7. The fourth-order valence-corrected chi connectivity index (χ4v) is 3.27. The summed E-state index contributed by atoms with van der Waals surface area (Å²) in [4.78, 5) is 14.5. The highest BCUT2D eigenvalue weighted by Gasteiger charge is 2.28. The van der Waals surface area contributed by atoms with E-state index in [1.165, 1.54) is 17.7 Å². The van der Waals surface area contributed by atoms with Crippen LogP contribution in [0.2, 0.25) is 0 Å². The molecule has 2 aliphatic rings. The molecule has 2 heterocycles. The van der Waals surface area contributed by atoms with Crippen LogP contribution in [0.25, 0.3) is 0 Å². The number of nitrogens with zero attached hydrogens (tertiary/aromatic N) is 1. The Morgan fingerprint density at radius 1 is 1.38 bits per heavy atom. The lowest BCUT2D eigenvalue weighted by molar-refractivity contribution is -0.136. The van der Waals surface area contributed by atoms with Crippen molar-refractivity contribution in [2.45, 2.75) is 31.8 Å². The van der Waals surface area contributed by atoms with Crippen LogP contribution >= 0.6 is 0 Å². The van der Waals surface area contributed by atoms with E-state index in [2.05, 4.69) is 17.4 Å². The van der Waals surface area contributed by atoms with E-state index in [1.54, 1.807) is 0 Å². The van der Waals surface area contributed by atoms with Gasteiger partial charge in [-0.2, -0.15) is 0 Å². The summed E-state index contributed by atoms with van der Waals surface area (Å²) in [7, 11) is 1.90. The SMILES string of the molecule is CN(CC1CCCCO1)C(=O)C1CNc2ccccc2C1. The Morgan fingerprint density at radius 3 is 3.05 bits per heavy atom. The van der Waals surface area contributed by atoms with E-state index in [1.807, 2.05) is 24.1 Å². The number of ether oxygens (including phenoxy) is 1. The number of hydrogen-bond donors (Lipinski definition) is 1. The molecule has 1 N–H and O–H groups in total. The Bertz CT molecular complexity index is 497. The van der Waals surface area contributed by atoms with E-state index in [9.17, 15) is 4.79 Å². The number of para-hydroxylation sites is 1. The van der Waals surface area contributed by atoms with Crippen LogP contribution in [-0.2, 0) is 16.0 Å². The number of carbonyl (C=O) groups is 1. The number of nitrogens with one attached hydrogen (secondary N) is 1. The van der Waals surface area contributed by atoms with Gasteiger partial charge in [-0.3, -0.25) is 4.79 Å². The number of rotatable bonds is 3. The lowest BCUT2D eigenvalue weighted by atomic mass is 9.93. The Hall–Kier alpha value is -1.55. The molecule has 1 amide bonds. The molecule has 0 aliphatic carbocycles. The predicted octanol–water partition coefficient (Wildman–Crippen LogP) is 2.30. The van der Waals surface area contributed by atoms with Gasteiger partial charge in [0.15, 0.2) is 0 Å². The van der Waals surface area contributed by atoms with Gasteiger partial charge in [-0.15, -0.1) is 0 Å². The van der Waals surface area contributed by atoms with Crippen molar-refractivity contribution >= 4 is 11.6 Å². The first-order valence-corrected chi connectivity index (χ1v) is 7.92. The molecule has 1 fully saturated rings. The van der Waals surface area contributed by atoms with Crippen LogP contribution in [0.4, 0.5) is 5.69 Å². The third-order valence-corrected chi connectivity index (χ3v) is 4.50. The molecule has 0 spiro atoms. The van der Waals surface area contributed by atoms with Gasteiger partial charge in [-0.25, -0.2) is 0 Å². The minimum absolute atomic E-state index is 0.0356. The maximum atomic E-state index is 12.6. The van der Waals surface area contributed by atoms with Crippen molar-refractivity contribution in [1.82, 2.24) is 4.90 Å². The molecule has 4 heteroatoms. The summed E-state index contributed by atoms with van der Waals surface area (Å²) in [5.74, 6) is 0.264. The molecule has 1 aromatic carbocycles. The lowest BCUT2D eigenvalue weighted by Crippen LogP contribution is -2.43. The number of anilines is 1. The van der Waals surface area contributed by atoms with Gasteiger partial charge in [0.05, 0.1) is 12.0 Å². The quantitative estimate of drug-likeness (QED) is 0.928. The van der Waals surface area contributed by atoms with Crippen molar-refractivity contribution in [1.29, 1.82) is 0 Å². The second-order valence-electron chi connectivity index (χ2n) is 6.15. The van der Waals surface area contributed by atoms with Crippen LogP contribution in [0.1, 0.15) is 24.8 Å². The molecule has 4 nitrogen and oxygen atoms in total. The third-order valence-electron chi connectivity index (χ3n) is 4.50. The molecule has 114 valence electrons. The first kappa shape index (κ1) is 14.4. The van der Waals surface area contributed by atoms with Crippen molar-refractivity contribution in [3.05, 3.63) is 29.8 Å². The van der Waals surface area contributed by atoms with Crippen molar-refractivity contribution in [3.63, 3.8) is 0 Å². The highest BCUT2D eigenvalue weighted by atomic mass is 16.5. The highest BCUT2D eigenvalue weighted by Crippen LogP contribution is 2.25. The van der Waals surface area contributed by atoms with E-state index in [-0.39, 0.29) is 17.9 Å². The van der Waals surface area contributed by atoms with Gasteiger partial charge < -0.3 is 15.0 Å². The molecule has 0 aromatic heterocycles. The molecule has 0 bridgehead atoms. The molecule has 0 saturated carbocycles. The van der Waals surface area contributed by atoms with Crippen LogP contribution in [0.3, 0.4) is 0 Å². The van der Waals surface area contributed by atoms with Crippen molar-refractivity contribution in [2.24, 2.45) is 5.92 Å². The van der Waals surface area contributed by atoms with Gasteiger partial charge >= 0.3 is 0 Å². The normalized spacial score (nSPS) is 24.8. The largest absolute Gasteiger partial charge is 0.384 e. The average molecular weight is 288 g/mol. The molecule has 0 radical (unpaired) electrons. The molecule has 3 rings (SSSR count). The monoisotopic (exact) mass is 288 g/mol. The predicted molar refractivity (Wildman–Crippen MR) is 83.4 cm³/mol. The molecule has 21 heavy (non-hydrogen) atoms. The fourth-order valence-electron chi connectivity index (χ4n) is 3.27. The summed E-state index contributed by atoms with van der Waals surface area (Å²) in [6.45, 7) is 2.29. The summed E-state index contributed by atoms with van der Waals surface area (Å²) in [5.41, 5.74) is 2.41. The fraction of sp³-hybridized carbons (Fsp3) is 0.588. The minimum atomic E-state index is 0.0356. The Morgan fingerprint density at radius 2 is 2.24 bits per heavy atom. The maximum Gasteiger partial charge on any atom is 0.227 e. The third kappa shape index (κ3) is 3.38. The maximum absolute atomic E-state index is 12.6. The van der Waals surface area contributed by atoms with Crippen molar-refractivity contribution in [3.8, 4) is 0 Å². The zero-order valence-electron chi connectivity index (χ0n) is 12.7. The average Bonchev–Trinajstić information content (AvgIpc) is 2.54. The molecule has 1 saturated heterocycles. The number of amides is 1.